The van der Waals surface area contributed by atoms with Gasteiger partial charge in [0.1, 0.15) is 16.2 Å². The lowest BCUT2D eigenvalue weighted by Crippen LogP contribution is -2.29. The van der Waals surface area contributed by atoms with Gasteiger partial charge in [0.15, 0.2) is 6.26 Å². The normalized spacial score (nSPS) is 16.8. The van der Waals surface area contributed by atoms with Crippen LogP contribution in [0.15, 0.2) is 30.1 Å². The van der Waals surface area contributed by atoms with Crippen LogP contribution in [0.2, 0.25) is 0 Å². The van der Waals surface area contributed by atoms with Gasteiger partial charge in [0.05, 0.1) is 11.8 Å². The topological polar surface area (TPSA) is 61.5 Å². The average Bonchev–Trinajstić information content (AvgIpc) is 2.75. The zero-order valence-corrected chi connectivity index (χ0v) is 11.3. The number of fused-ring (bicyclic) bond motifs is 2. The molecule has 0 aromatic carbocycles. The van der Waals surface area contributed by atoms with Gasteiger partial charge in [0.2, 0.25) is 4.53 Å². The first kappa shape index (κ1) is 12.0. The molecule has 0 saturated carbocycles. The minimum Gasteiger partial charge on any atom is -0.459 e. The van der Waals surface area contributed by atoms with Gasteiger partial charge < -0.3 is 15.2 Å². The van der Waals surface area contributed by atoms with Crippen molar-refractivity contribution < 1.29 is 14.3 Å². The van der Waals surface area contributed by atoms with Crippen molar-refractivity contribution in [3.05, 3.63) is 39.8 Å². The van der Waals surface area contributed by atoms with Gasteiger partial charge in [-0.1, -0.05) is 12.2 Å². The van der Waals surface area contributed by atoms with E-state index in [4.69, 9.17) is 15.2 Å². The maximum absolute atomic E-state index is 12.0. The van der Waals surface area contributed by atoms with Crippen molar-refractivity contribution in [2.24, 2.45) is 0 Å². The van der Waals surface area contributed by atoms with Crippen molar-refractivity contribution in [2.45, 2.75) is 13.3 Å². The summed E-state index contributed by atoms with van der Waals surface area (Å²) in [6, 6.07) is 1.87. The summed E-state index contributed by atoms with van der Waals surface area (Å²) in [5.41, 5.74) is 7.08. The third-order valence-electron chi connectivity index (χ3n) is 3.06. The molecule has 0 fully saturated rings. The van der Waals surface area contributed by atoms with Gasteiger partial charge in [-0.15, -0.1) is 0 Å². The number of ether oxygens (including phenoxy) is 2. The molecule has 0 bridgehead atoms. The lowest BCUT2D eigenvalue weighted by Gasteiger charge is -2.13. The highest BCUT2D eigenvalue weighted by molar-refractivity contribution is 7.52. The Kier molecular flexibility index (Phi) is 2.91. The van der Waals surface area contributed by atoms with E-state index in [0.717, 1.165) is 27.5 Å². The zero-order valence-electron chi connectivity index (χ0n) is 10.5. The van der Waals surface area contributed by atoms with Gasteiger partial charge in [0, 0.05) is 11.6 Å². The summed E-state index contributed by atoms with van der Waals surface area (Å²) >= 11 is 0. The lowest BCUT2D eigenvalue weighted by molar-refractivity contribution is 0.180. The van der Waals surface area contributed by atoms with Gasteiger partial charge in [-0.2, -0.15) is 4.79 Å². The highest BCUT2D eigenvalue weighted by atomic mass is 32.2. The van der Waals surface area contributed by atoms with E-state index >= 15 is 0 Å². The van der Waals surface area contributed by atoms with E-state index in [9.17, 15) is 4.79 Å². The molecule has 2 N–H and O–H groups in total. The van der Waals surface area contributed by atoms with Gasteiger partial charge >= 0.3 is 5.30 Å². The molecule has 1 aliphatic carbocycles. The fourth-order valence-corrected chi connectivity index (χ4v) is 3.88. The van der Waals surface area contributed by atoms with Crippen molar-refractivity contribution in [3.63, 3.8) is 0 Å². The van der Waals surface area contributed by atoms with Crippen LogP contribution >= 0.6 is 10.5 Å². The van der Waals surface area contributed by atoms with Crippen molar-refractivity contribution in [1.82, 2.24) is 0 Å². The van der Waals surface area contributed by atoms with Crippen molar-refractivity contribution >= 4 is 32.6 Å². The molecule has 3 rings (SSSR count). The standard InChI is InChI=1S/C14H14NO3S/c1-2-17-14(16)19-12-8-18-11-6-4-3-5-9(11)10(12)7-13(19)15/h3-4,6-8H,2,5,15H2,1H3/q+1. The Labute approximate surface area is 113 Å². The second-order valence-electron chi connectivity index (χ2n) is 4.19. The van der Waals surface area contributed by atoms with E-state index in [0.29, 0.717) is 11.6 Å². The minimum atomic E-state index is -0.844. The molecule has 0 radical (unpaired) electrons. The minimum absolute atomic E-state index is 0.291. The highest BCUT2D eigenvalue weighted by Gasteiger charge is 2.31. The van der Waals surface area contributed by atoms with E-state index in [1.165, 1.54) is 0 Å². The third kappa shape index (κ3) is 1.86. The largest absolute Gasteiger partial charge is 0.557 e. The summed E-state index contributed by atoms with van der Waals surface area (Å²) in [4.78, 5) is 12.0. The molecule has 2 heterocycles. The Morgan fingerprint density at radius 3 is 3.21 bits per heavy atom. The first-order chi connectivity index (χ1) is 9.22. The zero-order chi connectivity index (χ0) is 13.4. The number of allylic oxidation sites excluding steroid dienone is 4. The van der Waals surface area contributed by atoms with Gasteiger partial charge in [0.25, 0.3) is 5.00 Å². The van der Waals surface area contributed by atoms with E-state index in [2.05, 4.69) is 6.08 Å². The van der Waals surface area contributed by atoms with Crippen LogP contribution < -0.4 is 15.5 Å². The number of nitrogens with two attached hydrogens (primary N) is 1. The van der Waals surface area contributed by atoms with Crippen molar-refractivity contribution in [1.29, 1.82) is 0 Å². The van der Waals surface area contributed by atoms with Crippen LogP contribution in [0.5, 0.6) is 0 Å². The van der Waals surface area contributed by atoms with Crippen molar-refractivity contribution in [3.8, 4) is 0 Å². The number of carbonyl (C=O) groups is 1. The molecule has 19 heavy (non-hydrogen) atoms. The van der Waals surface area contributed by atoms with E-state index in [1.54, 1.807) is 13.2 Å². The molecule has 1 atom stereocenters. The summed E-state index contributed by atoms with van der Waals surface area (Å²) in [5.74, 6) is 0.833. The molecule has 98 valence electrons. The van der Waals surface area contributed by atoms with E-state index in [-0.39, 0.29) is 5.30 Å². The number of hydrogen-bond donors (Lipinski definition) is 1. The third-order valence-corrected chi connectivity index (χ3v) is 4.85. The number of nitrogen functional groups attached to an aromatic ring is 1. The van der Waals surface area contributed by atoms with E-state index in [1.807, 2.05) is 18.2 Å². The highest BCUT2D eigenvalue weighted by Crippen LogP contribution is 2.28. The number of hydrogen-bond acceptors (Lipinski definition) is 4. The van der Waals surface area contributed by atoms with Gasteiger partial charge in [-0.05, 0) is 19.4 Å². The molecular weight excluding hydrogens is 262 g/mol. The van der Waals surface area contributed by atoms with Gasteiger partial charge in [-0.3, -0.25) is 0 Å². The summed E-state index contributed by atoms with van der Waals surface area (Å²) in [7, 11) is -0.844. The number of anilines is 1. The second kappa shape index (κ2) is 4.59. The number of rotatable bonds is 2. The lowest BCUT2D eigenvalue weighted by atomic mass is 10.0. The summed E-state index contributed by atoms with van der Waals surface area (Å²) in [6.45, 7) is 2.14. The van der Waals surface area contributed by atoms with Crippen LogP contribution in [0.4, 0.5) is 9.80 Å². The molecule has 0 amide bonds. The molecule has 4 nitrogen and oxygen atoms in total. The molecular formula is C14H14NO3S+. The number of carbonyl (C=O) groups excluding carboxylic acids is 1. The molecule has 1 aromatic rings. The van der Waals surface area contributed by atoms with Crippen LogP contribution in [0.3, 0.4) is 0 Å². The molecule has 1 aliphatic heterocycles. The molecule has 1 unspecified atom stereocenters. The molecule has 2 aliphatic rings. The van der Waals surface area contributed by atoms with Crippen LogP contribution in [0, 0.1) is 0 Å². The molecule has 1 aromatic heterocycles. The summed E-state index contributed by atoms with van der Waals surface area (Å²) in [5, 5.41) is 1.27. The Morgan fingerprint density at radius 1 is 1.58 bits per heavy atom. The smallest absolute Gasteiger partial charge is 0.459 e. The monoisotopic (exact) mass is 276 g/mol. The number of thiophene rings is 1. The molecule has 0 saturated heterocycles. The molecule has 5 heteroatoms. The van der Waals surface area contributed by atoms with Crippen molar-refractivity contribution in [2.75, 3.05) is 12.3 Å². The van der Waals surface area contributed by atoms with E-state index < -0.39 is 10.5 Å². The quantitative estimate of drug-likeness (QED) is 0.661. The van der Waals surface area contributed by atoms with Crippen LogP contribution in [-0.2, 0) is 9.47 Å². The summed E-state index contributed by atoms with van der Waals surface area (Å²) in [6.07, 6.45) is 8.36. The maximum Gasteiger partial charge on any atom is 0.557 e. The SMILES string of the molecule is CCOC(=O)[s+]1c(N)cc2c1=COC1=CC=CCC=21. The van der Waals surface area contributed by atoms with Crippen LogP contribution in [0.1, 0.15) is 13.3 Å². The Morgan fingerprint density at radius 2 is 2.42 bits per heavy atom. The van der Waals surface area contributed by atoms with Crippen LogP contribution in [0.25, 0.3) is 11.8 Å². The molecule has 0 spiro atoms. The van der Waals surface area contributed by atoms with Gasteiger partial charge in [-0.25, -0.2) is 0 Å². The first-order valence-corrected chi connectivity index (χ1v) is 7.30. The second-order valence-corrected chi connectivity index (χ2v) is 6.05. The summed E-state index contributed by atoms with van der Waals surface area (Å²) < 4.78 is 11.5. The maximum atomic E-state index is 12.0. The first-order valence-electron chi connectivity index (χ1n) is 6.08. The Hall–Kier alpha value is -2.01. The predicted octanol–water partition coefficient (Wildman–Crippen LogP) is 1.79. The Bertz CT molecular complexity index is 725. The fraction of sp³-hybridized carbons (Fsp3) is 0.214. The van der Waals surface area contributed by atoms with Crippen LogP contribution in [-0.4, -0.2) is 11.9 Å². The predicted molar refractivity (Wildman–Crippen MR) is 75.8 cm³/mol. The Balaban J connectivity index is 2.24. The average molecular weight is 276 g/mol. The fourth-order valence-electron chi connectivity index (χ4n) is 2.23.